The van der Waals surface area contributed by atoms with Gasteiger partial charge in [0.2, 0.25) is 0 Å². The summed E-state index contributed by atoms with van der Waals surface area (Å²) in [5, 5.41) is 0.562. The van der Waals surface area contributed by atoms with E-state index in [0.29, 0.717) is 33.0 Å². The molecular formula is C35H26ClNO4. The van der Waals surface area contributed by atoms with E-state index in [9.17, 15) is 14.4 Å². The minimum atomic E-state index is -1.56. The molecule has 0 aromatic heterocycles. The molecule has 4 aromatic carbocycles. The number of carbonyl (C=O) groups excluding carboxylic acids is 3. The zero-order valence-electron chi connectivity index (χ0n) is 22.5. The lowest BCUT2D eigenvalue weighted by Gasteiger charge is -2.37. The molecule has 7 rings (SSSR count). The molecule has 0 unspecified atom stereocenters. The Morgan fingerprint density at radius 2 is 1.59 bits per heavy atom. The van der Waals surface area contributed by atoms with E-state index >= 15 is 0 Å². The minimum absolute atomic E-state index is 0.160. The van der Waals surface area contributed by atoms with Crippen LogP contribution >= 0.6 is 11.6 Å². The summed E-state index contributed by atoms with van der Waals surface area (Å²) in [5.41, 5.74) is 3.06. The summed E-state index contributed by atoms with van der Waals surface area (Å²) in [5.74, 6) is -0.894. The van der Waals surface area contributed by atoms with E-state index in [0.717, 1.165) is 16.8 Å². The number of benzene rings is 4. The van der Waals surface area contributed by atoms with E-state index in [1.807, 2.05) is 84.6 Å². The van der Waals surface area contributed by atoms with Crippen molar-refractivity contribution in [3.05, 3.63) is 135 Å². The molecule has 2 aliphatic heterocycles. The van der Waals surface area contributed by atoms with Gasteiger partial charge in [-0.2, -0.15) is 0 Å². The molecule has 1 spiro atoms. The van der Waals surface area contributed by atoms with E-state index < -0.39 is 23.4 Å². The van der Waals surface area contributed by atoms with Crippen LogP contribution in [0.4, 0.5) is 5.69 Å². The number of anilines is 1. The Hall–Kier alpha value is -4.48. The number of aryl methyl sites for hydroxylation is 1. The highest BCUT2D eigenvalue weighted by molar-refractivity contribution is 6.32. The van der Waals surface area contributed by atoms with Crippen molar-refractivity contribution in [2.24, 2.45) is 5.41 Å². The SMILES string of the molecule is COc1cccc([C@@H]2[C@H](C(=O)c3ccc(C)cc3)N3c4ccc(Cl)cc4C=C[C@H]3C23C(=O)c2ccccc2C3=O)c1. The van der Waals surface area contributed by atoms with Gasteiger partial charge >= 0.3 is 0 Å². The zero-order chi connectivity index (χ0) is 28.5. The van der Waals surface area contributed by atoms with Gasteiger partial charge in [-0.3, -0.25) is 14.4 Å². The van der Waals surface area contributed by atoms with Crippen LogP contribution in [0.1, 0.15) is 53.7 Å². The number of methoxy groups -OCH3 is 1. The van der Waals surface area contributed by atoms with Crippen LogP contribution < -0.4 is 9.64 Å². The lowest BCUT2D eigenvalue weighted by atomic mass is 9.64. The van der Waals surface area contributed by atoms with E-state index in [4.69, 9.17) is 16.3 Å². The van der Waals surface area contributed by atoms with Gasteiger partial charge in [0, 0.05) is 33.3 Å². The average molecular weight is 560 g/mol. The summed E-state index contributed by atoms with van der Waals surface area (Å²) in [6.07, 6.45) is 3.81. The number of halogens is 1. The predicted octanol–water partition coefficient (Wildman–Crippen LogP) is 6.97. The molecule has 2 heterocycles. The second kappa shape index (κ2) is 9.28. The second-order valence-electron chi connectivity index (χ2n) is 10.9. The molecule has 0 amide bonds. The zero-order valence-corrected chi connectivity index (χ0v) is 23.3. The lowest BCUT2D eigenvalue weighted by Crippen LogP contribution is -2.48. The third kappa shape index (κ3) is 3.52. The number of ketones is 3. The second-order valence-corrected chi connectivity index (χ2v) is 11.4. The summed E-state index contributed by atoms with van der Waals surface area (Å²) >= 11 is 6.37. The maximum absolute atomic E-state index is 14.7. The highest BCUT2D eigenvalue weighted by Gasteiger charge is 2.71. The maximum Gasteiger partial charge on any atom is 0.185 e. The highest BCUT2D eigenvalue weighted by Crippen LogP contribution is 2.61. The molecule has 1 saturated heterocycles. The van der Waals surface area contributed by atoms with Crippen LogP contribution in [0.2, 0.25) is 5.02 Å². The van der Waals surface area contributed by atoms with Crippen LogP contribution in [0.25, 0.3) is 6.08 Å². The molecule has 3 atom stereocenters. The van der Waals surface area contributed by atoms with Crippen LogP contribution in [-0.2, 0) is 0 Å². The fraction of sp³-hybridized carbons (Fsp3) is 0.171. The Balaban J connectivity index is 1.55. The Morgan fingerprint density at radius 3 is 2.27 bits per heavy atom. The molecule has 3 aliphatic rings. The van der Waals surface area contributed by atoms with Crippen molar-refractivity contribution in [2.75, 3.05) is 12.0 Å². The van der Waals surface area contributed by atoms with Crippen molar-refractivity contribution in [1.29, 1.82) is 0 Å². The van der Waals surface area contributed by atoms with Crippen LogP contribution in [-0.4, -0.2) is 36.5 Å². The molecule has 6 heteroatoms. The summed E-state index contributed by atoms with van der Waals surface area (Å²) in [6, 6.07) is 25.8. The predicted molar refractivity (Wildman–Crippen MR) is 159 cm³/mol. The summed E-state index contributed by atoms with van der Waals surface area (Å²) < 4.78 is 5.57. The van der Waals surface area contributed by atoms with Gasteiger partial charge in [-0.1, -0.05) is 90.0 Å². The fourth-order valence-electron chi connectivity index (χ4n) is 7.04. The summed E-state index contributed by atoms with van der Waals surface area (Å²) in [4.78, 5) is 46.1. The van der Waals surface area contributed by atoms with Crippen molar-refractivity contribution >= 4 is 40.7 Å². The molecule has 0 radical (unpaired) electrons. The molecular weight excluding hydrogens is 534 g/mol. The van der Waals surface area contributed by atoms with E-state index in [-0.39, 0.29) is 17.3 Å². The van der Waals surface area contributed by atoms with Crippen molar-refractivity contribution < 1.29 is 19.1 Å². The quantitative estimate of drug-likeness (QED) is 0.199. The van der Waals surface area contributed by atoms with Crippen LogP contribution in [0, 0.1) is 12.3 Å². The molecule has 1 fully saturated rings. The van der Waals surface area contributed by atoms with Gasteiger partial charge in [-0.15, -0.1) is 0 Å². The van der Waals surface area contributed by atoms with Gasteiger partial charge in [0.05, 0.1) is 13.2 Å². The first-order valence-electron chi connectivity index (χ1n) is 13.6. The van der Waals surface area contributed by atoms with Gasteiger partial charge < -0.3 is 9.64 Å². The summed E-state index contributed by atoms with van der Waals surface area (Å²) in [6.45, 7) is 1.97. The van der Waals surface area contributed by atoms with Crippen LogP contribution in [0.3, 0.4) is 0 Å². The van der Waals surface area contributed by atoms with Crippen molar-refractivity contribution in [3.8, 4) is 5.75 Å². The van der Waals surface area contributed by atoms with Gasteiger partial charge in [0.1, 0.15) is 17.2 Å². The highest BCUT2D eigenvalue weighted by atomic mass is 35.5. The van der Waals surface area contributed by atoms with Crippen LogP contribution in [0.15, 0.2) is 97.1 Å². The normalized spacial score (nSPS) is 21.5. The summed E-state index contributed by atoms with van der Waals surface area (Å²) in [7, 11) is 1.58. The number of rotatable bonds is 4. The van der Waals surface area contributed by atoms with E-state index in [1.165, 1.54) is 0 Å². The van der Waals surface area contributed by atoms with Gasteiger partial charge in [-0.05, 0) is 48.4 Å². The average Bonchev–Trinajstić information content (AvgIpc) is 3.43. The Bertz CT molecular complexity index is 1760. The van der Waals surface area contributed by atoms with Crippen molar-refractivity contribution in [1.82, 2.24) is 0 Å². The standard InChI is InChI=1S/C35H26ClNO4/c1-20-10-12-21(13-11-20)32(38)31-30(23-6-5-7-25(19-23)41-2)35(33(39)26-8-3-4-9-27(26)34(35)40)29-17-14-22-18-24(36)15-16-28(22)37(29)31/h3-19,29-31H,1-2H3/t29-,30+,31+/m0/s1. The largest absolute Gasteiger partial charge is 0.497 e. The molecule has 5 nitrogen and oxygen atoms in total. The number of nitrogens with zero attached hydrogens (tertiary/aromatic N) is 1. The third-order valence-electron chi connectivity index (χ3n) is 8.82. The van der Waals surface area contributed by atoms with Crippen LogP contribution in [0.5, 0.6) is 5.75 Å². The first-order valence-corrected chi connectivity index (χ1v) is 13.9. The first kappa shape index (κ1) is 25.5. The van der Waals surface area contributed by atoms with E-state index in [1.54, 1.807) is 37.4 Å². The molecule has 41 heavy (non-hydrogen) atoms. The van der Waals surface area contributed by atoms with Gasteiger partial charge in [0.25, 0.3) is 0 Å². The lowest BCUT2D eigenvalue weighted by molar-refractivity contribution is 0.0665. The fourth-order valence-corrected chi connectivity index (χ4v) is 7.22. The topological polar surface area (TPSA) is 63.7 Å². The van der Waals surface area contributed by atoms with E-state index in [2.05, 4.69) is 0 Å². The smallest absolute Gasteiger partial charge is 0.185 e. The Morgan fingerprint density at radius 1 is 0.878 bits per heavy atom. The van der Waals surface area contributed by atoms with Crippen molar-refractivity contribution in [2.45, 2.75) is 24.9 Å². The van der Waals surface area contributed by atoms with Crippen molar-refractivity contribution in [3.63, 3.8) is 0 Å². The number of hydrogen-bond donors (Lipinski definition) is 0. The molecule has 0 saturated carbocycles. The molecule has 0 N–H and O–H groups in total. The number of ether oxygens (including phenoxy) is 1. The Labute approximate surface area is 243 Å². The van der Waals surface area contributed by atoms with Gasteiger partial charge in [-0.25, -0.2) is 0 Å². The molecule has 202 valence electrons. The molecule has 0 bridgehead atoms. The number of fused-ring (bicyclic) bond motifs is 5. The number of hydrogen-bond acceptors (Lipinski definition) is 5. The third-order valence-corrected chi connectivity index (χ3v) is 9.06. The monoisotopic (exact) mass is 559 g/mol. The Kier molecular flexibility index (Phi) is 5.77. The number of carbonyl (C=O) groups is 3. The molecule has 1 aliphatic carbocycles. The molecule has 4 aromatic rings. The minimum Gasteiger partial charge on any atom is -0.497 e. The maximum atomic E-state index is 14.7. The number of Topliss-reactive ketones (excluding diaryl/α,β-unsaturated/α-hetero) is 3. The van der Waals surface area contributed by atoms with Gasteiger partial charge in [0.15, 0.2) is 17.3 Å². The first-order chi connectivity index (χ1) is 19.9.